The number of benzene rings is 6. The molecule has 3 aliphatic carbocycles. The number of anilines is 6. The Hall–Kier alpha value is -10.9. The van der Waals surface area contributed by atoms with Crippen LogP contribution < -0.4 is 43.6 Å². The van der Waals surface area contributed by atoms with E-state index >= 15 is 0 Å². The normalized spacial score (nSPS) is 18.3. The van der Waals surface area contributed by atoms with E-state index in [-0.39, 0.29) is 155 Å². The molecule has 33 heteroatoms. The minimum atomic E-state index is -0.364. The summed E-state index contributed by atoms with van der Waals surface area (Å²) in [7, 11) is 6.48. The first-order valence-electron chi connectivity index (χ1n) is 46.6. The lowest BCUT2D eigenvalue weighted by molar-refractivity contribution is -0.128. The standard InChI is InChI=1S/2C35H41N7O2.C34H39N7O2.6H2S/c1-6-32(43)42-19-18-41(22-28(42)20-36-4)34-29-16-17-40(31-15-8-12-26-11-7-10-24(2)33(26)31)23-30(29)37-35(38-34)44-25(3)21-39(5)27-13-9-14-27;1-6-32(43)42-18-17-41(21-28(42)19-36-4)34-29-15-16-40(31-12-8-11-27-10-7-9-24(2)33(27)31)22-30(29)37-35(38-34)44-23-25(3)39(5)20-26-13-14-26;1-6-31(42)41-18-17-40(20-27(41)19-35-4)33-28-15-16-39(30-12-8-11-25-10-7-9-23(2)32(25)30)21-29(28)36-34(37-33)43-22-24(3)38(5)26-13-14-26;;;;;;/h1,7-8,10-12,15,25,27-28H,9,13-14,16-23H2,2-3,5H3;1,7-12,25-26,28H,13-23H2,2-3,5H3;1,7-12,24,26-27H,13-22H2,2-3,5H3;6*1H2/t2*25-,28-;24-,27-;;;;;;/m000....../s1. The van der Waals surface area contributed by atoms with Crippen molar-refractivity contribution in [2.45, 2.75) is 174 Å². The van der Waals surface area contributed by atoms with Crippen LogP contribution in [0.5, 0.6) is 18.0 Å². The summed E-state index contributed by atoms with van der Waals surface area (Å²) in [5.41, 5.74) is 13.6. The highest BCUT2D eigenvalue weighted by atomic mass is 32.1. The lowest BCUT2D eigenvalue weighted by atomic mass is 9.92. The number of amides is 3. The van der Waals surface area contributed by atoms with Gasteiger partial charge in [0.15, 0.2) is 0 Å². The maximum absolute atomic E-state index is 12.5. The van der Waals surface area contributed by atoms with E-state index in [1.165, 1.54) is 111 Å². The fourth-order valence-electron chi connectivity index (χ4n) is 20.0. The van der Waals surface area contributed by atoms with Crippen molar-refractivity contribution in [3.63, 3.8) is 0 Å². The molecule has 6 aliphatic heterocycles. The largest absolute Gasteiger partial charge is 0.462 e. The van der Waals surface area contributed by atoms with Gasteiger partial charge in [-0.25, -0.2) is 19.7 Å². The lowest BCUT2D eigenvalue weighted by Crippen LogP contribution is -2.56. The second-order valence-corrected chi connectivity index (χ2v) is 36.9. The predicted molar refractivity (Wildman–Crippen MR) is 579 cm³/mol. The fourth-order valence-corrected chi connectivity index (χ4v) is 20.0. The van der Waals surface area contributed by atoms with Crippen molar-refractivity contribution < 1.29 is 28.6 Å². The summed E-state index contributed by atoms with van der Waals surface area (Å²) in [6, 6.07) is 40.8. The van der Waals surface area contributed by atoms with Crippen LogP contribution in [0, 0.1) is 83.4 Å². The Morgan fingerprint density at radius 2 is 0.781 bits per heavy atom. The molecule has 9 aliphatic rings. The average molecular weight is 1970 g/mol. The molecular weight excluding hydrogens is 1830 g/mol. The number of fused-ring (bicyclic) bond motifs is 6. The van der Waals surface area contributed by atoms with Crippen LogP contribution in [0.4, 0.5) is 34.5 Å². The molecule has 3 saturated heterocycles. The number of hydrogen-bond donors (Lipinski definition) is 0. The van der Waals surface area contributed by atoms with Crippen LogP contribution in [-0.4, -0.2) is 271 Å². The highest BCUT2D eigenvalue weighted by Gasteiger charge is 2.41. The number of aryl methyl sites for hydroxylation is 3. The number of carbonyl (C=O) groups excluding carboxylic acids is 3. The van der Waals surface area contributed by atoms with Gasteiger partial charge in [-0.05, 0) is 195 Å². The third-order valence-corrected chi connectivity index (χ3v) is 28.0. The van der Waals surface area contributed by atoms with Gasteiger partial charge in [0.2, 0.25) is 19.6 Å². The summed E-state index contributed by atoms with van der Waals surface area (Å²) < 4.78 is 19.1. The van der Waals surface area contributed by atoms with Gasteiger partial charge in [0, 0.05) is 166 Å². The Morgan fingerprint density at radius 1 is 0.438 bits per heavy atom. The second-order valence-electron chi connectivity index (χ2n) is 36.9. The number of hydrogen-bond acceptors (Lipinski definition) is 21. The third kappa shape index (κ3) is 24.9. The number of carbonyl (C=O) groups is 3. The van der Waals surface area contributed by atoms with Gasteiger partial charge < -0.3 is 77.7 Å². The molecule has 6 fully saturated rings. The van der Waals surface area contributed by atoms with Gasteiger partial charge >= 0.3 is 18.0 Å². The van der Waals surface area contributed by atoms with E-state index in [9.17, 15) is 14.4 Å². The van der Waals surface area contributed by atoms with Crippen molar-refractivity contribution >= 4 is 166 Å². The Morgan fingerprint density at radius 3 is 1.11 bits per heavy atom. The van der Waals surface area contributed by atoms with E-state index in [1.54, 1.807) is 14.7 Å². The van der Waals surface area contributed by atoms with Crippen LogP contribution in [0.3, 0.4) is 0 Å². The van der Waals surface area contributed by atoms with E-state index < -0.39 is 0 Å². The summed E-state index contributed by atoms with van der Waals surface area (Å²) >= 11 is 0. The molecule has 0 spiro atoms. The molecular formula is C104H133N21O6S6. The van der Waals surface area contributed by atoms with Gasteiger partial charge in [-0.1, -0.05) is 97.4 Å². The summed E-state index contributed by atoms with van der Waals surface area (Å²) in [5, 5.41) is 7.51. The van der Waals surface area contributed by atoms with Gasteiger partial charge in [0.25, 0.3) is 17.7 Å². The molecule has 0 unspecified atom stereocenters. The average Bonchev–Trinajstić information content (AvgIpc) is 1.76. The Kier molecular flexibility index (Phi) is 38.7. The molecule has 3 saturated carbocycles. The highest BCUT2D eigenvalue weighted by molar-refractivity contribution is 7.60. The SMILES string of the molecule is S.S.S.S.S.S.[C-]#[N+]C[C@H]1CN(c2nc(OC[C@H](C)N(C)C3CC3)nc3c2CCN(c2cccc4cccc(C)c24)C3)CCN1C(=O)C#C.[C-]#[N+]C[C@H]1CN(c2nc(OC[C@H](C)N(C)CC3CC3)nc3c2CCN(c2cccc4cccc(C)c24)C3)CCN1C(=O)C#C.[C-]#[N+]C[C@H]1CN(c2nc(O[C@@H](C)CN(C)C3CCC3)nc3c2CCN(c2cccc4cccc(C)c24)C3)CCN1C(=O)C#C. The van der Waals surface area contributed by atoms with Crippen molar-refractivity contribution in [2.24, 2.45) is 5.92 Å². The molecule has 6 atom stereocenters. The molecule has 0 N–H and O–H groups in total. The van der Waals surface area contributed by atoms with E-state index in [4.69, 9.17) is 83.1 Å². The van der Waals surface area contributed by atoms with E-state index in [2.05, 4.69) is 248 Å². The van der Waals surface area contributed by atoms with E-state index in [0.717, 1.165) is 109 Å². The first-order valence-corrected chi connectivity index (χ1v) is 46.6. The van der Waals surface area contributed by atoms with E-state index in [1.807, 2.05) is 0 Å². The smallest absolute Gasteiger partial charge is 0.318 e. The Bertz CT molecular complexity index is 6010. The first kappa shape index (κ1) is 108. The van der Waals surface area contributed by atoms with Crippen molar-refractivity contribution in [3.8, 4) is 55.1 Å². The van der Waals surface area contributed by atoms with Gasteiger partial charge in [-0.2, -0.15) is 111 Å². The first-order chi connectivity index (χ1) is 63.6. The Labute approximate surface area is 851 Å². The zero-order chi connectivity index (χ0) is 91.7. The maximum Gasteiger partial charge on any atom is 0.318 e. The molecule has 9 aromatic rings. The quantitative estimate of drug-likeness (QED) is 0.0385. The number of rotatable bonds is 25. The van der Waals surface area contributed by atoms with Crippen LogP contribution in [0.15, 0.2) is 109 Å². The summed E-state index contributed by atoms with van der Waals surface area (Å²) in [5.74, 6) is 8.96. The van der Waals surface area contributed by atoms with Crippen LogP contribution in [0.25, 0.3) is 46.9 Å². The van der Waals surface area contributed by atoms with Crippen molar-refractivity contribution in [1.29, 1.82) is 0 Å². The van der Waals surface area contributed by atoms with Gasteiger partial charge in [-0.15, -0.1) is 19.3 Å². The molecule has 3 amide bonds. The summed E-state index contributed by atoms with van der Waals surface area (Å²) in [4.78, 5) is 104. The Balaban J connectivity index is 0.000000208. The maximum atomic E-state index is 12.5. The van der Waals surface area contributed by atoms with Crippen molar-refractivity contribution in [1.82, 2.24) is 59.3 Å². The molecule has 0 radical (unpaired) electrons. The van der Waals surface area contributed by atoms with Crippen molar-refractivity contribution in [3.05, 3.63) is 194 Å². The molecule has 726 valence electrons. The number of piperazine rings is 3. The molecule has 9 heterocycles. The number of aromatic nitrogens is 6. The zero-order valence-corrected chi connectivity index (χ0v) is 86.3. The topological polar surface area (TPSA) is 208 Å². The number of terminal acetylenes is 3. The highest BCUT2D eigenvalue weighted by Crippen LogP contribution is 2.42. The molecule has 3 aromatic heterocycles. The summed E-state index contributed by atoms with van der Waals surface area (Å²) in [6.45, 7) is 47.9. The number of ether oxygens (including phenoxy) is 3. The monoisotopic (exact) mass is 1960 g/mol. The molecule has 27 nitrogen and oxygen atoms in total. The van der Waals surface area contributed by atoms with Gasteiger partial charge in [0.05, 0.1) is 36.7 Å². The zero-order valence-electron chi connectivity index (χ0n) is 80.3. The van der Waals surface area contributed by atoms with Crippen LogP contribution >= 0.6 is 81.0 Å². The van der Waals surface area contributed by atoms with Crippen LogP contribution in [0.2, 0.25) is 0 Å². The third-order valence-electron chi connectivity index (χ3n) is 28.0. The summed E-state index contributed by atoms with van der Waals surface area (Å²) in [6.07, 6.45) is 27.5. The van der Waals surface area contributed by atoms with Gasteiger partial charge in [0.1, 0.15) is 54.9 Å². The second kappa shape index (κ2) is 49.1. The van der Waals surface area contributed by atoms with Crippen molar-refractivity contribution in [2.75, 3.05) is 175 Å². The molecule has 6 aromatic carbocycles. The molecule has 0 bridgehead atoms. The minimum Gasteiger partial charge on any atom is -0.462 e. The minimum absolute atomic E-state index is 0. The molecule has 137 heavy (non-hydrogen) atoms. The number of nitrogens with zero attached hydrogens (tertiary/aromatic N) is 21. The van der Waals surface area contributed by atoms with E-state index in [0.29, 0.717) is 122 Å². The fraction of sp³-hybridized carbons (Fsp3) is 0.481. The lowest BCUT2D eigenvalue weighted by Gasteiger charge is -2.41. The predicted octanol–water partition coefficient (Wildman–Crippen LogP) is 13.1. The molecule has 18 rings (SSSR count). The van der Waals surface area contributed by atoms with Crippen LogP contribution in [-0.2, 0) is 53.3 Å². The number of likely N-dealkylation sites (N-methyl/N-ethyl adjacent to an activating group) is 3. The van der Waals surface area contributed by atoms with Gasteiger partial charge in [-0.3, -0.25) is 24.2 Å². The van der Waals surface area contributed by atoms with Crippen LogP contribution in [0.1, 0.15) is 116 Å².